The molecule has 0 aliphatic heterocycles. The van der Waals surface area contributed by atoms with Crippen LogP contribution in [0, 0.1) is 19.7 Å². The molecule has 1 aromatic carbocycles. The molecule has 0 aliphatic rings. The third kappa shape index (κ3) is 2.54. The van der Waals surface area contributed by atoms with Crippen LogP contribution in [0.2, 0.25) is 0 Å². The van der Waals surface area contributed by atoms with Crippen molar-refractivity contribution < 1.29 is 4.39 Å². The zero-order chi connectivity index (χ0) is 13.3. The van der Waals surface area contributed by atoms with Gasteiger partial charge in [0.25, 0.3) is 0 Å². The quantitative estimate of drug-likeness (QED) is 0.885. The molecule has 1 atom stereocenters. The number of benzene rings is 1. The molecule has 2 N–H and O–H groups in total. The molecule has 0 aliphatic carbocycles. The summed E-state index contributed by atoms with van der Waals surface area (Å²) < 4.78 is 13.2. The van der Waals surface area contributed by atoms with Gasteiger partial charge in [0.2, 0.25) is 0 Å². The number of rotatable bonds is 2. The fourth-order valence-electron chi connectivity index (χ4n) is 1.75. The zero-order valence-electron chi connectivity index (χ0n) is 10.7. The number of hydrogen-bond donors (Lipinski definition) is 1. The second-order valence-corrected chi connectivity index (χ2v) is 4.51. The van der Waals surface area contributed by atoms with E-state index < -0.39 is 0 Å². The molecule has 2 aromatic rings. The van der Waals surface area contributed by atoms with Crippen molar-refractivity contribution in [3.63, 3.8) is 0 Å². The molecular weight excluding hydrogens is 229 g/mol. The Hall–Kier alpha value is -1.81. The van der Waals surface area contributed by atoms with Gasteiger partial charge in [-0.1, -0.05) is 0 Å². The van der Waals surface area contributed by atoms with Gasteiger partial charge >= 0.3 is 0 Å². The molecular formula is C14H16FN3. The molecule has 3 nitrogen and oxygen atoms in total. The van der Waals surface area contributed by atoms with E-state index in [4.69, 9.17) is 5.73 Å². The molecule has 18 heavy (non-hydrogen) atoms. The summed E-state index contributed by atoms with van der Waals surface area (Å²) >= 11 is 0. The monoisotopic (exact) mass is 245 g/mol. The first-order valence-electron chi connectivity index (χ1n) is 5.85. The lowest BCUT2D eigenvalue weighted by Gasteiger charge is -2.09. The van der Waals surface area contributed by atoms with Crippen molar-refractivity contribution in [1.29, 1.82) is 0 Å². The standard InChI is InChI=1S/C14H16FN3/c1-8-6-11(4-5-12(8)15)13-7-9(2)17-14(18-13)10(3)16/h4-7,10H,16H2,1-3H3. The summed E-state index contributed by atoms with van der Waals surface area (Å²) in [6.45, 7) is 5.47. The maximum Gasteiger partial charge on any atom is 0.145 e. The summed E-state index contributed by atoms with van der Waals surface area (Å²) in [5, 5.41) is 0. The minimum Gasteiger partial charge on any atom is -0.322 e. The Bertz CT molecular complexity index is 579. The zero-order valence-corrected chi connectivity index (χ0v) is 10.7. The Morgan fingerprint density at radius 3 is 2.50 bits per heavy atom. The van der Waals surface area contributed by atoms with Crippen LogP contribution in [0.3, 0.4) is 0 Å². The Morgan fingerprint density at radius 2 is 1.89 bits per heavy atom. The molecule has 0 saturated carbocycles. The van der Waals surface area contributed by atoms with Crippen LogP contribution in [-0.2, 0) is 0 Å². The Kier molecular flexibility index (Phi) is 3.39. The molecule has 94 valence electrons. The van der Waals surface area contributed by atoms with Gasteiger partial charge in [0.15, 0.2) is 0 Å². The molecule has 0 bridgehead atoms. The number of nitrogens with two attached hydrogens (primary N) is 1. The average Bonchev–Trinajstić information content (AvgIpc) is 2.31. The van der Waals surface area contributed by atoms with Gasteiger partial charge in [-0.2, -0.15) is 0 Å². The van der Waals surface area contributed by atoms with E-state index in [1.54, 1.807) is 19.1 Å². The van der Waals surface area contributed by atoms with Crippen LogP contribution in [0.25, 0.3) is 11.3 Å². The predicted octanol–water partition coefficient (Wildman–Crippen LogP) is 2.92. The number of halogens is 1. The van der Waals surface area contributed by atoms with Crippen LogP contribution in [0.4, 0.5) is 4.39 Å². The minimum atomic E-state index is -0.217. The van der Waals surface area contributed by atoms with Crippen LogP contribution >= 0.6 is 0 Å². The molecule has 0 saturated heterocycles. The van der Waals surface area contributed by atoms with Gasteiger partial charge in [0.1, 0.15) is 11.6 Å². The van der Waals surface area contributed by atoms with Crippen LogP contribution in [0.15, 0.2) is 24.3 Å². The van der Waals surface area contributed by atoms with E-state index in [9.17, 15) is 4.39 Å². The number of nitrogens with zero attached hydrogens (tertiary/aromatic N) is 2. The lowest BCUT2D eigenvalue weighted by molar-refractivity contribution is 0.618. The lowest BCUT2D eigenvalue weighted by Crippen LogP contribution is -2.11. The summed E-state index contributed by atoms with van der Waals surface area (Å²) in [6.07, 6.45) is 0. The van der Waals surface area contributed by atoms with Crippen molar-refractivity contribution >= 4 is 0 Å². The van der Waals surface area contributed by atoms with E-state index >= 15 is 0 Å². The second-order valence-electron chi connectivity index (χ2n) is 4.51. The minimum absolute atomic E-state index is 0.211. The van der Waals surface area contributed by atoms with Crippen LogP contribution in [-0.4, -0.2) is 9.97 Å². The van der Waals surface area contributed by atoms with Crippen LogP contribution in [0.5, 0.6) is 0 Å². The summed E-state index contributed by atoms with van der Waals surface area (Å²) in [6, 6.07) is 6.61. The molecule has 1 unspecified atom stereocenters. The van der Waals surface area contributed by atoms with E-state index in [-0.39, 0.29) is 11.9 Å². The van der Waals surface area contributed by atoms with E-state index in [1.165, 1.54) is 6.07 Å². The Labute approximate surface area is 106 Å². The average molecular weight is 245 g/mol. The van der Waals surface area contributed by atoms with E-state index in [1.807, 2.05) is 19.9 Å². The third-order valence-corrected chi connectivity index (χ3v) is 2.73. The van der Waals surface area contributed by atoms with E-state index in [0.29, 0.717) is 11.4 Å². The van der Waals surface area contributed by atoms with Crippen molar-refractivity contribution in [3.8, 4) is 11.3 Å². The fraction of sp³-hybridized carbons (Fsp3) is 0.286. The predicted molar refractivity (Wildman–Crippen MR) is 69.5 cm³/mol. The van der Waals surface area contributed by atoms with E-state index in [2.05, 4.69) is 9.97 Å². The van der Waals surface area contributed by atoms with Crippen molar-refractivity contribution in [2.75, 3.05) is 0 Å². The smallest absolute Gasteiger partial charge is 0.145 e. The first-order valence-corrected chi connectivity index (χ1v) is 5.85. The van der Waals surface area contributed by atoms with Gasteiger partial charge in [0, 0.05) is 11.3 Å². The summed E-state index contributed by atoms with van der Waals surface area (Å²) in [5.41, 5.74) is 8.91. The molecule has 0 fully saturated rings. The van der Waals surface area contributed by atoms with Gasteiger partial charge in [-0.15, -0.1) is 0 Å². The van der Waals surface area contributed by atoms with Gasteiger partial charge in [0.05, 0.1) is 11.7 Å². The molecule has 0 amide bonds. The largest absolute Gasteiger partial charge is 0.322 e. The topological polar surface area (TPSA) is 51.8 Å². The molecule has 1 heterocycles. The molecule has 0 spiro atoms. The van der Waals surface area contributed by atoms with Gasteiger partial charge in [-0.25, -0.2) is 14.4 Å². The van der Waals surface area contributed by atoms with Crippen molar-refractivity contribution in [2.45, 2.75) is 26.8 Å². The summed E-state index contributed by atoms with van der Waals surface area (Å²) in [4.78, 5) is 8.70. The Morgan fingerprint density at radius 1 is 1.17 bits per heavy atom. The van der Waals surface area contributed by atoms with Crippen LogP contribution in [0.1, 0.15) is 30.0 Å². The highest BCUT2D eigenvalue weighted by atomic mass is 19.1. The fourth-order valence-corrected chi connectivity index (χ4v) is 1.75. The number of aryl methyl sites for hydroxylation is 2. The second kappa shape index (κ2) is 4.82. The highest BCUT2D eigenvalue weighted by Gasteiger charge is 2.09. The van der Waals surface area contributed by atoms with Crippen molar-refractivity contribution in [2.24, 2.45) is 5.73 Å². The molecule has 1 aromatic heterocycles. The number of aromatic nitrogens is 2. The first kappa shape index (κ1) is 12.6. The third-order valence-electron chi connectivity index (χ3n) is 2.73. The number of hydrogen-bond acceptors (Lipinski definition) is 3. The lowest BCUT2D eigenvalue weighted by atomic mass is 10.1. The van der Waals surface area contributed by atoms with Crippen molar-refractivity contribution in [1.82, 2.24) is 9.97 Å². The molecule has 4 heteroatoms. The molecule has 2 rings (SSSR count). The van der Waals surface area contributed by atoms with Gasteiger partial charge in [-0.05, 0) is 50.6 Å². The SMILES string of the molecule is Cc1cc(-c2ccc(F)c(C)c2)nc(C(C)N)n1. The Balaban J connectivity index is 2.53. The van der Waals surface area contributed by atoms with E-state index in [0.717, 1.165) is 17.0 Å². The van der Waals surface area contributed by atoms with Crippen LogP contribution < -0.4 is 5.73 Å². The maximum absolute atomic E-state index is 13.2. The first-order chi connectivity index (χ1) is 8.47. The van der Waals surface area contributed by atoms with Gasteiger partial charge < -0.3 is 5.73 Å². The maximum atomic E-state index is 13.2. The summed E-state index contributed by atoms with van der Waals surface area (Å²) in [5.74, 6) is 0.393. The molecule has 0 radical (unpaired) electrons. The normalized spacial score (nSPS) is 12.5. The highest BCUT2D eigenvalue weighted by Crippen LogP contribution is 2.21. The van der Waals surface area contributed by atoms with Crippen molar-refractivity contribution in [3.05, 3.63) is 47.2 Å². The highest BCUT2D eigenvalue weighted by molar-refractivity contribution is 5.60. The summed E-state index contributed by atoms with van der Waals surface area (Å²) in [7, 11) is 0. The van der Waals surface area contributed by atoms with Gasteiger partial charge in [-0.3, -0.25) is 0 Å².